The standard InChI is InChI=1S/C16H11FO2/c17-14-4-2-1-3-13(14)11-5-7-12(8-6-11)15-9-10-16(18)19-15/h1-9H,10H2. The molecule has 0 N–H and O–H groups in total. The zero-order valence-corrected chi connectivity index (χ0v) is 10.1. The van der Waals surface area contributed by atoms with Crippen LogP contribution >= 0.6 is 0 Å². The first-order valence-electron chi connectivity index (χ1n) is 6.00. The molecule has 3 heteroatoms. The van der Waals surface area contributed by atoms with E-state index in [0.29, 0.717) is 17.7 Å². The maximum absolute atomic E-state index is 13.6. The van der Waals surface area contributed by atoms with Gasteiger partial charge in [-0.15, -0.1) is 0 Å². The Morgan fingerprint density at radius 3 is 2.26 bits per heavy atom. The van der Waals surface area contributed by atoms with Gasteiger partial charge in [-0.2, -0.15) is 0 Å². The van der Waals surface area contributed by atoms with Crippen LogP contribution < -0.4 is 0 Å². The lowest BCUT2D eigenvalue weighted by Crippen LogP contribution is -1.93. The molecule has 0 aliphatic carbocycles. The molecule has 0 radical (unpaired) electrons. The summed E-state index contributed by atoms with van der Waals surface area (Å²) >= 11 is 0. The van der Waals surface area contributed by atoms with Crippen LogP contribution in [0.4, 0.5) is 4.39 Å². The van der Waals surface area contributed by atoms with Gasteiger partial charge in [0.2, 0.25) is 0 Å². The number of carbonyl (C=O) groups excluding carboxylic acids is 1. The van der Waals surface area contributed by atoms with Crippen molar-refractivity contribution >= 4 is 11.7 Å². The van der Waals surface area contributed by atoms with Crippen LogP contribution in [0.1, 0.15) is 12.0 Å². The van der Waals surface area contributed by atoms with Crippen molar-refractivity contribution in [2.75, 3.05) is 0 Å². The molecule has 1 heterocycles. The molecule has 1 aliphatic rings. The second-order valence-corrected chi connectivity index (χ2v) is 4.30. The Hall–Kier alpha value is -2.42. The number of cyclic esters (lactones) is 1. The highest BCUT2D eigenvalue weighted by molar-refractivity contribution is 5.85. The van der Waals surface area contributed by atoms with Gasteiger partial charge in [0.05, 0.1) is 6.42 Å². The molecule has 0 atom stereocenters. The maximum Gasteiger partial charge on any atom is 0.315 e. The predicted octanol–water partition coefficient (Wildman–Crippen LogP) is 3.78. The molecule has 2 nitrogen and oxygen atoms in total. The molecule has 94 valence electrons. The van der Waals surface area contributed by atoms with E-state index in [1.165, 1.54) is 6.07 Å². The van der Waals surface area contributed by atoms with Crippen LogP contribution in [0.5, 0.6) is 0 Å². The van der Waals surface area contributed by atoms with Crippen LogP contribution in [-0.4, -0.2) is 5.97 Å². The van der Waals surface area contributed by atoms with E-state index in [4.69, 9.17) is 4.74 Å². The van der Waals surface area contributed by atoms with E-state index < -0.39 is 0 Å². The minimum absolute atomic E-state index is 0.242. The van der Waals surface area contributed by atoms with Crippen molar-refractivity contribution in [3.05, 3.63) is 66.0 Å². The van der Waals surface area contributed by atoms with Gasteiger partial charge in [0, 0.05) is 11.1 Å². The zero-order valence-electron chi connectivity index (χ0n) is 10.1. The Morgan fingerprint density at radius 1 is 0.947 bits per heavy atom. The second-order valence-electron chi connectivity index (χ2n) is 4.30. The van der Waals surface area contributed by atoms with Crippen LogP contribution in [0.2, 0.25) is 0 Å². The van der Waals surface area contributed by atoms with Crippen LogP contribution in [0, 0.1) is 5.82 Å². The van der Waals surface area contributed by atoms with Gasteiger partial charge in [0.1, 0.15) is 11.6 Å². The summed E-state index contributed by atoms with van der Waals surface area (Å²) in [6.45, 7) is 0. The van der Waals surface area contributed by atoms with Gasteiger partial charge in [-0.05, 0) is 17.7 Å². The number of hydrogen-bond acceptors (Lipinski definition) is 2. The number of hydrogen-bond donors (Lipinski definition) is 0. The molecular weight excluding hydrogens is 243 g/mol. The number of rotatable bonds is 2. The van der Waals surface area contributed by atoms with Crippen molar-refractivity contribution in [3.8, 4) is 11.1 Å². The van der Waals surface area contributed by atoms with Gasteiger partial charge in [-0.1, -0.05) is 42.5 Å². The number of ether oxygens (including phenoxy) is 1. The van der Waals surface area contributed by atoms with E-state index in [1.807, 2.05) is 24.3 Å². The average Bonchev–Trinajstić information content (AvgIpc) is 2.86. The molecular formula is C16H11FO2. The minimum Gasteiger partial charge on any atom is -0.426 e. The van der Waals surface area contributed by atoms with Gasteiger partial charge in [0.25, 0.3) is 0 Å². The summed E-state index contributed by atoms with van der Waals surface area (Å²) in [4.78, 5) is 11.0. The highest BCUT2D eigenvalue weighted by atomic mass is 19.1. The Balaban J connectivity index is 1.92. The molecule has 0 unspecified atom stereocenters. The number of benzene rings is 2. The lowest BCUT2D eigenvalue weighted by Gasteiger charge is -2.06. The normalized spacial score (nSPS) is 14.2. The third-order valence-corrected chi connectivity index (χ3v) is 3.03. The highest BCUT2D eigenvalue weighted by Crippen LogP contribution is 2.27. The fourth-order valence-electron chi connectivity index (χ4n) is 2.07. The first-order chi connectivity index (χ1) is 9.24. The van der Waals surface area contributed by atoms with E-state index in [2.05, 4.69) is 0 Å². The molecule has 0 amide bonds. The van der Waals surface area contributed by atoms with E-state index in [1.54, 1.807) is 24.3 Å². The van der Waals surface area contributed by atoms with Crippen molar-refractivity contribution < 1.29 is 13.9 Å². The molecule has 2 aromatic carbocycles. The van der Waals surface area contributed by atoms with E-state index >= 15 is 0 Å². The average molecular weight is 254 g/mol. The zero-order chi connectivity index (χ0) is 13.2. The first kappa shape index (κ1) is 11.7. The summed E-state index contributed by atoms with van der Waals surface area (Å²) in [6.07, 6.45) is 2.06. The molecule has 0 bridgehead atoms. The smallest absolute Gasteiger partial charge is 0.315 e. The second kappa shape index (κ2) is 4.69. The summed E-state index contributed by atoms with van der Waals surface area (Å²) in [6, 6.07) is 13.9. The largest absolute Gasteiger partial charge is 0.426 e. The summed E-state index contributed by atoms with van der Waals surface area (Å²) in [5.74, 6) is 0.0834. The Morgan fingerprint density at radius 2 is 1.63 bits per heavy atom. The number of esters is 1. The van der Waals surface area contributed by atoms with Crippen molar-refractivity contribution in [3.63, 3.8) is 0 Å². The molecule has 0 saturated heterocycles. The van der Waals surface area contributed by atoms with Gasteiger partial charge >= 0.3 is 5.97 Å². The van der Waals surface area contributed by atoms with Crippen LogP contribution in [0.3, 0.4) is 0 Å². The van der Waals surface area contributed by atoms with Crippen LogP contribution in [0.15, 0.2) is 54.6 Å². The molecule has 0 saturated carbocycles. The van der Waals surface area contributed by atoms with E-state index in [-0.39, 0.29) is 11.8 Å². The molecule has 2 aromatic rings. The van der Waals surface area contributed by atoms with Crippen molar-refractivity contribution in [1.82, 2.24) is 0 Å². The lowest BCUT2D eigenvalue weighted by molar-refractivity contribution is -0.134. The lowest BCUT2D eigenvalue weighted by atomic mass is 10.0. The summed E-state index contributed by atoms with van der Waals surface area (Å²) in [5, 5.41) is 0. The van der Waals surface area contributed by atoms with E-state index in [9.17, 15) is 9.18 Å². The number of halogens is 1. The van der Waals surface area contributed by atoms with Crippen molar-refractivity contribution in [2.24, 2.45) is 0 Å². The molecule has 1 aliphatic heterocycles. The predicted molar refractivity (Wildman–Crippen MR) is 70.5 cm³/mol. The molecule has 19 heavy (non-hydrogen) atoms. The third kappa shape index (κ3) is 2.27. The first-order valence-corrected chi connectivity index (χ1v) is 6.00. The fourth-order valence-corrected chi connectivity index (χ4v) is 2.07. The summed E-state index contributed by atoms with van der Waals surface area (Å²) in [7, 11) is 0. The Labute approximate surface area is 110 Å². The molecule has 3 rings (SSSR count). The third-order valence-electron chi connectivity index (χ3n) is 3.03. The minimum atomic E-state index is -0.248. The molecule has 0 spiro atoms. The van der Waals surface area contributed by atoms with Gasteiger partial charge in [-0.3, -0.25) is 4.79 Å². The van der Waals surface area contributed by atoms with Gasteiger partial charge in [-0.25, -0.2) is 4.39 Å². The Bertz CT molecular complexity index is 657. The van der Waals surface area contributed by atoms with Crippen molar-refractivity contribution in [1.29, 1.82) is 0 Å². The molecule has 0 fully saturated rings. The fraction of sp³-hybridized carbons (Fsp3) is 0.0625. The van der Waals surface area contributed by atoms with E-state index in [0.717, 1.165) is 11.1 Å². The monoisotopic (exact) mass is 254 g/mol. The maximum atomic E-state index is 13.6. The van der Waals surface area contributed by atoms with Gasteiger partial charge < -0.3 is 4.74 Å². The Kier molecular flexibility index (Phi) is 2.88. The van der Waals surface area contributed by atoms with Crippen LogP contribution in [0.25, 0.3) is 16.9 Å². The number of carbonyl (C=O) groups is 1. The summed E-state index contributed by atoms with van der Waals surface area (Å²) < 4.78 is 18.7. The highest BCUT2D eigenvalue weighted by Gasteiger charge is 2.15. The SMILES string of the molecule is O=C1CC=C(c2ccc(-c3ccccc3F)cc2)O1. The van der Waals surface area contributed by atoms with Crippen LogP contribution in [-0.2, 0) is 9.53 Å². The molecule has 0 aromatic heterocycles. The van der Waals surface area contributed by atoms with Gasteiger partial charge in [0.15, 0.2) is 0 Å². The quantitative estimate of drug-likeness (QED) is 0.762. The summed E-state index contributed by atoms with van der Waals surface area (Å²) in [5.41, 5.74) is 2.18. The van der Waals surface area contributed by atoms with Crippen molar-refractivity contribution in [2.45, 2.75) is 6.42 Å². The topological polar surface area (TPSA) is 26.3 Å².